The number of aromatic nitrogens is 2. The molecule has 0 unspecified atom stereocenters. The smallest absolute Gasteiger partial charge is 0.410 e. The summed E-state index contributed by atoms with van der Waals surface area (Å²) in [5.74, 6) is 0.465. The predicted octanol–water partition coefficient (Wildman–Crippen LogP) is 4.08. The minimum atomic E-state index is -0.463. The van der Waals surface area contributed by atoms with Gasteiger partial charge in [0.1, 0.15) is 5.60 Å². The van der Waals surface area contributed by atoms with E-state index in [0.717, 1.165) is 38.6 Å². The highest BCUT2D eigenvalue weighted by molar-refractivity contribution is 6.29. The third kappa shape index (κ3) is 6.15. The number of piperidine rings is 1. The number of halogens is 1. The van der Waals surface area contributed by atoms with Gasteiger partial charge >= 0.3 is 6.09 Å². The number of nitrogens with zero attached hydrogens (tertiary/aromatic N) is 3. The van der Waals surface area contributed by atoms with E-state index in [2.05, 4.69) is 10.2 Å². The van der Waals surface area contributed by atoms with E-state index in [4.69, 9.17) is 21.1 Å². The molecular weight excluding hydrogens is 330 g/mol. The molecule has 1 amide bonds. The molecule has 1 saturated heterocycles. The number of carbonyl (C=O) groups is 1. The van der Waals surface area contributed by atoms with Gasteiger partial charge in [-0.3, -0.25) is 0 Å². The lowest BCUT2D eigenvalue weighted by Crippen LogP contribution is -2.46. The van der Waals surface area contributed by atoms with Crippen molar-refractivity contribution in [1.29, 1.82) is 0 Å². The van der Waals surface area contributed by atoms with Gasteiger partial charge in [-0.05, 0) is 58.9 Å². The van der Waals surface area contributed by atoms with Crippen molar-refractivity contribution in [2.24, 2.45) is 0 Å². The summed E-state index contributed by atoms with van der Waals surface area (Å²) in [5, 5.41) is 7.94. The molecule has 0 N–H and O–H groups in total. The summed E-state index contributed by atoms with van der Waals surface area (Å²) in [7, 11) is 0. The molecule has 1 aromatic rings. The summed E-state index contributed by atoms with van der Waals surface area (Å²) in [4.78, 5) is 14.2. The van der Waals surface area contributed by atoms with Gasteiger partial charge in [-0.25, -0.2) is 4.79 Å². The fourth-order valence-electron chi connectivity index (χ4n) is 2.74. The first-order chi connectivity index (χ1) is 11.3. The maximum absolute atomic E-state index is 12.4. The Morgan fingerprint density at radius 3 is 2.79 bits per heavy atom. The van der Waals surface area contributed by atoms with Gasteiger partial charge in [0.2, 0.25) is 5.88 Å². The fraction of sp³-hybridized carbons (Fsp3) is 0.706. The lowest BCUT2D eigenvalue weighted by Gasteiger charge is -2.36. The van der Waals surface area contributed by atoms with E-state index in [1.165, 1.54) is 0 Å². The Labute approximate surface area is 148 Å². The minimum Gasteiger partial charge on any atom is -0.477 e. The fourth-order valence-corrected chi connectivity index (χ4v) is 2.84. The lowest BCUT2D eigenvalue weighted by atomic mass is 9.98. The van der Waals surface area contributed by atoms with Crippen LogP contribution in [0, 0.1) is 0 Å². The van der Waals surface area contributed by atoms with E-state index in [1.807, 2.05) is 25.7 Å². The zero-order valence-electron chi connectivity index (χ0n) is 14.6. The van der Waals surface area contributed by atoms with Crippen molar-refractivity contribution in [2.75, 3.05) is 13.2 Å². The van der Waals surface area contributed by atoms with E-state index in [9.17, 15) is 4.79 Å². The van der Waals surface area contributed by atoms with Gasteiger partial charge in [-0.1, -0.05) is 11.6 Å². The highest BCUT2D eigenvalue weighted by Crippen LogP contribution is 2.23. The molecule has 6 nitrogen and oxygen atoms in total. The molecule has 1 atom stereocenters. The van der Waals surface area contributed by atoms with Crippen LogP contribution in [0.5, 0.6) is 5.88 Å². The zero-order valence-corrected chi connectivity index (χ0v) is 15.4. The molecule has 1 fully saturated rings. The summed E-state index contributed by atoms with van der Waals surface area (Å²) >= 11 is 5.69. The highest BCUT2D eigenvalue weighted by atomic mass is 35.5. The van der Waals surface area contributed by atoms with Crippen molar-refractivity contribution in [3.05, 3.63) is 17.3 Å². The normalized spacial score (nSPS) is 18.3. The molecule has 2 rings (SSSR count). The molecule has 0 spiro atoms. The Hall–Kier alpha value is -1.56. The number of amides is 1. The van der Waals surface area contributed by atoms with Crippen molar-refractivity contribution in [3.8, 4) is 5.88 Å². The van der Waals surface area contributed by atoms with Crippen LogP contribution in [-0.4, -0.2) is 46.0 Å². The first-order valence-corrected chi connectivity index (χ1v) is 8.84. The van der Waals surface area contributed by atoms with Gasteiger partial charge in [0, 0.05) is 18.7 Å². The quantitative estimate of drug-likeness (QED) is 0.744. The Balaban J connectivity index is 1.78. The van der Waals surface area contributed by atoms with Crippen LogP contribution < -0.4 is 4.74 Å². The molecule has 7 heteroatoms. The van der Waals surface area contributed by atoms with Crippen LogP contribution in [0.3, 0.4) is 0 Å². The average molecular weight is 356 g/mol. The lowest BCUT2D eigenvalue weighted by molar-refractivity contribution is 0.00822. The number of hydrogen-bond acceptors (Lipinski definition) is 5. The van der Waals surface area contributed by atoms with E-state index in [-0.39, 0.29) is 12.1 Å². The first kappa shape index (κ1) is 18.8. The van der Waals surface area contributed by atoms with E-state index < -0.39 is 5.60 Å². The molecule has 0 aromatic carbocycles. The molecule has 134 valence electrons. The molecule has 1 aromatic heterocycles. The molecule has 1 aliphatic rings. The number of hydrogen-bond donors (Lipinski definition) is 0. The number of ether oxygens (including phenoxy) is 2. The second kappa shape index (κ2) is 8.51. The summed E-state index contributed by atoms with van der Waals surface area (Å²) in [5.41, 5.74) is -0.463. The van der Waals surface area contributed by atoms with Crippen LogP contribution in [0.4, 0.5) is 4.79 Å². The predicted molar refractivity (Wildman–Crippen MR) is 92.4 cm³/mol. The van der Waals surface area contributed by atoms with Crippen molar-refractivity contribution < 1.29 is 14.3 Å². The van der Waals surface area contributed by atoms with Crippen molar-refractivity contribution in [3.63, 3.8) is 0 Å². The van der Waals surface area contributed by atoms with Crippen LogP contribution in [0.15, 0.2) is 12.1 Å². The van der Waals surface area contributed by atoms with Crippen LogP contribution in [0.2, 0.25) is 5.15 Å². The van der Waals surface area contributed by atoms with Crippen LogP contribution in [0.1, 0.15) is 52.9 Å². The minimum absolute atomic E-state index is 0.211. The van der Waals surface area contributed by atoms with Crippen molar-refractivity contribution in [2.45, 2.75) is 64.5 Å². The van der Waals surface area contributed by atoms with Crippen LogP contribution in [-0.2, 0) is 4.74 Å². The third-order valence-electron chi connectivity index (χ3n) is 3.79. The molecule has 0 saturated carbocycles. The second-order valence-electron chi connectivity index (χ2n) is 7.01. The number of likely N-dealkylation sites (tertiary alicyclic amines) is 1. The number of rotatable bonds is 5. The molecule has 1 aliphatic heterocycles. The van der Waals surface area contributed by atoms with Gasteiger partial charge in [0.15, 0.2) is 5.15 Å². The second-order valence-corrected chi connectivity index (χ2v) is 7.40. The Bertz CT molecular complexity index is 531. The molecular formula is C17H26ClN3O3. The Kier molecular flexibility index (Phi) is 6.66. The van der Waals surface area contributed by atoms with Crippen LogP contribution in [0.25, 0.3) is 0 Å². The zero-order chi connectivity index (χ0) is 17.6. The topological polar surface area (TPSA) is 64.5 Å². The maximum atomic E-state index is 12.4. The van der Waals surface area contributed by atoms with Gasteiger partial charge in [-0.15, -0.1) is 10.2 Å². The largest absolute Gasteiger partial charge is 0.477 e. The molecule has 2 heterocycles. The Morgan fingerprint density at radius 2 is 2.12 bits per heavy atom. The SMILES string of the molecule is CC(C)(C)OC(=O)N1CCCC[C@@H]1CCCOc1ccc(Cl)nn1. The summed E-state index contributed by atoms with van der Waals surface area (Å²) in [6, 6.07) is 3.56. The molecule has 24 heavy (non-hydrogen) atoms. The number of carbonyl (C=O) groups excluding carboxylic acids is 1. The molecule has 0 aliphatic carbocycles. The van der Waals surface area contributed by atoms with Gasteiger partial charge < -0.3 is 14.4 Å². The standard InChI is InChI=1S/C17H26ClN3O3/c1-17(2,3)24-16(22)21-11-5-4-7-13(21)8-6-12-23-15-10-9-14(18)19-20-15/h9-10,13H,4-8,11-12H2,1-3H3/t13-/m1/s1. The molecule has 0 radical (unpaired) electrons. The first-order valence-electron chi connectivity index (χ1n) is 8.47. The highest BCUT2D eigenvalue weighted by Gasteiger charge is 2.30. The monoisotopic (exact) mass is 355 g/mol. The van der Waals surface area contributed by atoms with E-state index in [1.54, 1.807) is 12.1 Å². The van der Waals surface area contributed by atoms with E-state index in [0.29, 0.717) is 17.6 Å². The van der Waals surface area contributed by atoms with Gasteiger partial charge in [0.25, 0.3) is 0 Å². The average Bonchev–Trinajstić information content (AvgIpc) is 2.52. The van der Waals surface area contributed by atoms with Crippen LogP contribution >= 0.6 is 11.6 Å². The van der Waals surface area contributed by atoms with Gasteiger partial charge in [0.05, 0.1) is 6.61 Å². The third-order valence-corrected chi connectivity index (χ3v) is 4.00. The summed E-state index contributed by atoms with van der Waals surface area (Å²) in [6.45, 7) is 6.98. The van der Waals surface area contributed by atoms with Crippen molar-refractivity contribution >= 4 is 17.7 Å². The van der Waals surface area contributed by atoms with E-state index >= 15 is 0 Å². The summed E-state index contributed by atoms with van der Waals surface area (Å²) in [6.07, 6.45) is 4.71. The maximum Gasteiger partial charge on any atom is 0.410 e. The van der Waals surface area contributed by atoms with Gasteiger partial charge in [-0.2, -0.15) is 0 Å². The molecule has 0 bridgehead atoms. The Morgan fingerprint density at radius 1 is 1.33 bits per heavy atom. The summed E-state index contributed by atoms with van der Waals surface area (Å²) < 4.78 is 11.1. The van der Waals surface area contributed by atoms with Crippen molar-refractivity contribution in [1.82, 2.24) is 15.1 Å².